The number of rotatable bonds is 3. The molecule has 120 valence electrons. The Labute approximate surface area is 143 Å². The van der Waals surface area contributed by atoms with Crippen LogP contribution in [0.15, 0.2) is 65.5 Å². The Kier molecular flexibility index (Phi) is 4.44. The Morgan fingerprint density at radius 3 is 2.29 bits per heavy atom. The summed E-state index contributed by atoms with van der Waals surface area (Å²) in [6.07, 6.45) is 0. The van der Waals surface area contributed by atoms with Crippen LogP contribution in [0.2, 0.25) is 5.02 Å². The van der Waals surface area contributed by atoms with Gasteiger partial charge in [0.2, 0.25) is 0 Å². The van der Waals surface area contributed by atoms with Crippen molar-refractivity contribution in [3.8, 4) is 11.3 Å². The molecular formula is C18H14ClN3O2. The van der Waals surface area contributed by atoms with Gasteiger partial charge in [-0.25, -0.2) is 4.68 Å². The predicted octanol–water partition coefficient (Wildman–Crippen LogP) is 3.35. The number of carbonyl (C=O) groups excluding carboxylic acids is 1. The molecule has 0 atom stereocenters. The molecule has 0 aliphatic rings. The van der Waals surface area contributed by atoms with Crippen molar-refractivity contribution in [3.05, 3.63) is 81.6 Å². The maximum atomic E-state index is 12.2. The largest absolute Gasteiger partial charge is 0.322 e. The van der Waals surface area contributed by atoms with Crippen LogP contribution >= 0.6 is 11.6 Å². The third kappa shape index (κ3) is 3.52. The van der Waals surface area contributed by atoms with Crippen molar-refractivity contribution in [2.75, 3.05) is 5.32 Å². The number of aromatic nitrogens is 2. The van der Waals surface area contributed by atoms with Crippen LogP contribution in [-0.4, -0.2) is 15.7 Å². The molecule has 3 aromatic rings. The highest BCUT2D eigenvalue weighted by Gasteiger charge is 2.07. The van der Waals surface area contributed by atoms with E-state index in [9.17, 15) is 9.59 Å². The number of aryl methyl sites for hydroxylation is 1. The molecule has 0 saturated carbocycles. The normalized spacial score (nSPS) is 10.4. The summed E-state index contributed by atoms with van der Waals surface area (Å²) in [5.74, 6) is -0.209. The summed E-state index contributed by atoms with van der Waals surface area (Å²) in [6.45, 7) is 0. The molecule has 0 aliphatic carbocycles. The van der Waals surface area contributed by atoms with E-state index in [2.05, 4.69) is 10.4 Å². The van der Waals surface area contributed by atoms with Gasteiger partial charge in [-0.3, -0.25) is 9.59 Å². The van der Waals surface area contributed by atoms with Crippen molar-refractivity contribution in [2.24, 2.45) is 7.05 Å². The predicted molar refractivity (Wildman–Crippen MR) is 94.3 cm³/mol. The lowest BCUT2D eigenvalue weighted by molar-refractivity contribution is 0.102. The second-order valence-electron chi connectivity index (χ2n) is 5.22. The molecule has 2 aromatic carbocycles. The van der Waals surface area contributed by atoms with Crippen LogP contribution in [0, 0.1) is 0 Å². The third-order valence-electron chi connectivity index (χ3n) is 3.51. The molecule has 0 fully saturated rings. The van der Waals surface area contributed by atoms with Crippen LogP contribution in [0.4, 0.5) is 5.69 Å². The molecule has 0 saturated heterocycles. The fraction of sp³-hybridized carbons (Fsp3) is 0.0556. The van der Waals surface area contributed by atoms with Gasteiger partial charge in [0.15, 0.2) is 0 Å². The second kappa shape index (κ2) is 6.68. The first-order chi connectivity index (χ1) is 11.5. The minimum atomic E-state index is -0.209. The molecule has 0 radical (unpaired) electrons. The van der Waals surface area contributed by atoms with Crippen LogP contribution in [-0.2, 0) is 7.05 Å². The average Bonchev–Trinajstić information content (AvgIpc) is 2.58. The fourth-order valence-corrected chi connectivity index (χ4v) is 2.31. The molecule has 5 nitrogen and oxygen atoms in total. The summed E-state index contributed by atoms with van der Waals surface area (Å²) >= 11 is 5.81. The van der Waals surface area contributed by atoms with Gasteiger partial charge in [0.25, 0.3) is 11.5 Å². The number of halogens is 1. The van der Waals surface area contributed by atoms with Gasteiger partial charge >= 0.3 is 0 Å². The molecule has 0 bridgehead atoms. The van der Waals surface area contributed by atoms with Gasteiger partial charge in [-0.15, -0.1) is 0 Å². The number of anilines is 1. The van der Waals surface area contributed by atoms with Gasteiger partial charge in [0.1, 0.15) is 0 Å². The fourth-order valence-electron chi connectivity index (χ4n) is 2.19. The summed E-state index contributed by atoms with van der Waals surface area (Å²) in [7, 11) is 1.60. The zero-order valence-electron chi connectivity index (χ0n) is 12.9. The molecule has 1 N–H and O–H groups in total. The summed E-state index contributed by atoms with van der Waals surface area (Å²) in [5.41, 5.74) is 2.58. The molecule has 1 aromatic heterocycles. The van der Waals surface area contributed by atoms with Gasteiger partial charge in [-0.05, 0) is 42.5 Å². The first kappa shape index (κ1) is 16.0. The number of nitrogens with one attached hydrogen (secondary N) is 1. The van der Waals surface area contributed by atoms with Gasteiger partial charge < -0.3 is 5.32 Å². The summed E-state index contributed by atoms with van der Waals surface area (Å²) in [4.78, 5) is 23.5. The molecule has 6 heteroatoms. The summed E-state index contributed by atoms with van der Waals surface area (Å²) in [5, 5.41) is 7.60. The van der Waals surface area contributed by atoms with Crippen LogP contribution in [0.25, 0.3) is 11.3 Å². The van der Waals surface area contributed by atoms with Crippen molar-refractivity contribution in [1.29, 1.82) is 0 Å². The van der Waals surface area contributed by atoms with E-state index in [4.69, 9.17) is 11.6 Å². The van der Waals surface area contributed by atoms with Gasteiger partial charge in [0.05, 0.1) is 5.69 Å². The van der Waals surface area contributed by atoms with Crippen LogP contribution < -0.4 is 10.9 Å². The lowest BCUT2D eigenvalue weighted by atomic mass is 10.1. The van der Waals surface area contributed by atoms with Crippen molar-refractivity contribution in [2.45, 2.75) is 0 Å². The van der Waals surface area contributed by atoms with Gasteiger partial charge in [-0.1, -0.05) is 23.7 Å². The maximum Gasteiger partial charge on any atom is 0.266 e. The first-order valence-electron chi connectivity index (χ1n) is 7.25. The Bertz CT molecular complexity index is 932. The molecule has 24 heavy (non-hydrogen) atoms. The number of nitrogens with zero attached hydrogens (tertiary/aromatic N) is 2. The standard InChI is InChI=1S/C18H14ClN3O2/c1-22-17(23)11-10-16(21-22)12-4-8-15(9-5-12)20-18(24)13-2-6-14(19)7-3-13/h2-11H,1H3,(H,20,24). The Balaban J connectivity index is 1.76. The number of hydrogen-bond donors (Lipinski definition) is 1. The van der Waals surface area contributed by atoms with E-state index in [1.54, 1.807) is 49.5 Å². The third-order valence-corrected chi connectivity index (χ3v) is 3.76. The summed E-state index contributed by atoms with van der Waals surface area (Å²) < 4.78 is 1.28. The van der Waals surface area contributed by atoms with E-state index < -0.39 is 0 Å². The van der Waals surface area contributed by atoms with E-state index in [1.165, 1.54) is 10.7 Å². The quantitative estimate of drug-likeness (QED) is 0.795. The van der Waals surface area contributed by atoms with Gasteiger partial charge in [-0.2, -0.15) is 5.10 Å². The average molecular weight is 340 g/mol. The maximum absolute atomic E-state index is 12.2. The van der Waals surface area contributed by atoms with E-state index in [-0.39, 0.29) is 11.5 Å². The number of amides is 1. The molecule has 0 unspecified atom stereocenters. The zero-order valence-corrected chi connectivity index (χ0v) is 13.6. The first-order valence-corrected chi connectivity index (χ1v) is 7.62. The highest BCUT2D eigenvalue weighted by atomic mass is 35.5. The van der Waals surface area contributed by atoms with E-state index in [0.29, 0.717) is 22.0 Å². The van der Waals surface area contributed by atoms with Crippen LogP contribution in [0.5, 0.6) is 0 Å². The molecular weight excluding hydrogens is 326 g/mol. The van der Waals surface area contributed by atoms with E-state index in [0.717, 1.165) is 5.56 Å². The Hall–Kier alpha value is -2.92. The summed E-state index contributed by atoms with van der Waals surface area (Å²) in [6, 6.07) is 17.1. The lowest BCUT2D eigenvalue weighted by Gasteiger charge is -2.07. The zero-order chi connectivity index (χ0) is 17.1. The SMILES string of the molecule is Cn1nc(-c2ccc(NC(=O)c3ccc(Cl)cc3)cc2)ccc1=O. The van der Waals surface area contributed by atoms with Crippen molar-refractivity contribution < 1.29 is 4.79 Å². The highest BCUT2D eigenvalue weighted by molar-refractivity contribution is 6.30. The second-order valence-corrected chi connectivity index (χ2v) is 5.66. The van der Waals surface area contributed by atoms with Crippen molar-refractivity contribution in [1.82, 2.24) is 9.78 Å². The monoisotopic (exact) mass is 339 g/mol. The van der Waals surface area contributed by atoms with E-state index in [1.807, 2.05) is 12.1 Å². The molecule has 1 heterocycles. The smallest absolute Gasteiger partial charge is 0.266 e. The van der Waals surface area contributed by atoms with Crippen LogP contribution in [0.1, 0.15) is 10.4 Å². The number of carbonyl (C=O) groups is 1. The van der Waals surface area contributed by atoms with E-state index >= 15 is 0 Å². The molecule has 1 amide bonds. The Morgan fingerprint density at radius 2 is 1.67 bits per heavy atom. The number of benzene rings is 2. The minimum absolute atomic E-state index is 0.161. The van der Waals surface area contributed by atoms with Crippen molar-refractivity contribution >= 4 is 23.2 Å². The Morgan fingerprint density at radius 1 is 1.00 bits per heavy atom. The molecule has 0 spiro atoms. The van der Waals surface area contributed by atoms with Gasteiger partial charge in [0, 0.05) is 35.0 Å². The minimum Gasteiger partial charge on any atom is -0.322 e. The molecule has 3 rings (SSSR count). The van der Waals surface area contributed by atoms with Crippen LogP contribution in [0.3, 0.4) is 0 Å². The topological polar surface area (TPSA) is 64.0 Å². The highest BCUT2D eigenvalue weighted by Crippen LogP contribution is 2.19. The number of hydrogen-bond acceptors (Lipinski definition) is 3. The lowest BCUT2D eigenvalue weighted by Crippen LogP contribution is -2.18. The van der Waals surface area contributed by atoms with Crippen molar-refractivity contribution in [3.63, 3.8) is 0 Å². The molecule has 0 aliphatic heterocycles.